The second-order valence-electron chi connectivity index (χ2n) is 9.46. The molecule has 0 heterocycles. The average molecular weight is 509 g/mol. The van der Waals surface area contributed by atoms with Crippen molar-refractivity contribution in [3.05, 3.63) is 83.7 Å². The Labute approximate surface area is 221 Å². The molecule has 200 valence electrons. The summed E-state index contributed by atoms with van der Waals surface area (Å²) in [7, 11) is 0. The molecule has 4 nitrogen and oxygen atoms in total. The van der Waals surface area contributed by atoms with Crippen LogP contribution in [-0.4, -0.2) is 36.6 Å². The van der Waals surface area contributed by atoms with Crippen LogP contribution in [0, 0.1) is 5.82 Å². The van der Waals surface area contributed by atoms with Gasteiger partial charge in [-0.3, -0.25) is 0 Å². The van der Waals surface area contributed by atoms with Crippen molar-refractivity contribution in [1.82, 2.24) is 0 Å². The Kier molecular flexibility index (Phi) is 13.0. The number of ether oxygens (including phenoxy) is 2. The predicted octanol–water partition coefficient (Wildman–Crippen LogP) is 7.14. The van der Waals surface area contributed by atoms with E-state index in [0.29, 0.717) is 18.8 Å². The molecule has 5 heteroatoms. The first-order valence-electron chi connectivity index (χ1n) is 13.6. The number of rotatable bonds is 18. The first kappa shape index (κ1) is 28.7. The van der Waals surface area contributed by atoms with E-state index >= 15 is 0 Å². The van der Waals surface area contributed by atoms with Crippen LogP contribution in [0.5, 0.6) is 11.5 Å². The van der Waals surface area contributed by atoms with E-state index in [1.165, 1.54) is 5.56 Å². The highest BCUT2D eigenvalue weighted by molar-refractivity contribution is 5.65. The molecule has 0 atom stereocenters. The van der Waals surface area contributed by atoms with E-state index in [1.54, 1.807) is 6.07 Å². The number of hydrogen-bond donors (Lipinski definition) is 2. The van der Waals surface area contributed by atoms with E-state index in [9.17, 15) is 4.39 Å². The van der Waals surface area contributed by atoms with Crippen molar-refractivity contribution in [2.24, 2.45) is 0 Å². The number of halogens is 1. The summed E-state index contributed by atoms with van der Waals surface area (Å²) in [5.74, 6) is 1.45. The highest BCUT2D eigenvalue weighted by Gasteiger charge is 2.08. The van der Waals surface area contributed by atoms with E-state index in [-0.39, 0.29) is 19.0 Å². The number of hydrogen-bond acceptors (Lipinski definition) is 4. The third-order valence-electron chi connectivity index (χ3n) is 6.47. The summed E-state index contributed by atoms with van der Waals surface area (Å²) in [4.78, 5) is 0. The summed E-state index contributed by atoms with van der Waals surface area (Å²) in [5.41, 5.74) is 3.61. The fourth-order valence-electron chi connectivity index (χ4n) is 4.23. The second-order valence-corrected chi connectivity index (χ2v) is 9.46. The van der Waals surface area contributed by atoms with Crippen LogP contribution in [0.15, 0.2) is 66.7 Å². The predicted molar refractivity (Wildman–Crippen MR) is 148 cm³/mol. The van der Waals surface area contributed by atoms with Gasteiger partial charge in [-0.1, -0.05) is 49.2 Å². The summed E-state index contributed by atoms with van der Waals surface area (Å²) in [6, 6.07) is 21.2. The smallest absolute Gasteiger partial charge is 0.131 e. The van der Waals surface area contributed by atoms with Gasteiger partial charge in [0.15, 0.2) is 0 Å². The Morgan fingerprint density at radius 1 is 0.541 bits per heavy atom. The number of benzene rings is 3. The summed E-state index contributed by atoms with van der Waals surface area (Å²) < 4.78 is 26.5. The molecule has 3 aromatic carbocycles. The molecular formula is C32H41FO4. The topological polar surface area (TPSA) is 58.9 Å². The molecule has 0 aliphatic rings. The Morgan fingerprint density at radius 2 is 1.03 bits per heavy atom. The van der Waals surface area contributed by atoms with Crippen LogP contribution >= 0.6 is 0 Å². The summed E-state index contributed by atoms with van der Waals surface area (Å²) in [6.07, 6.45) is 9.44. The molecule has 3 rings (SSSR count). The molecule has 0 unspecified atom stereocenters. The molecule has 0 bridgehead atoms. The zero-order valence-corrected chi connectivity index (χ0v) is 21.8. The monoisotopic (exact) mass is 508 g/mol. The Bertz CT molecular complexity index is 1020. The zero-order chi connectivity index (χ0) is 26.1. The Hall–Kier alpha value is -2.89. The van der Waals surface area contributed by atoms with Crippen LogP contribution in [0.1, 0.15) is 62.5 Å². The molecule has 0 saturated heterocycles. The molecule has 0 aliphatic heterocycles. The summed E-state index contributed by atoms with van der Waals surface area (Å²) in [6.45, 7) is 1.85. The van der Waals surface area contributed by atoms with Crippen molar-refractivity contribution < 1.29 is 24.1 Å². The van der Waals surface area contributed by atoms with Crippen LogP contribution in [0.2, 0.25) is 0 Å². The normalized spacial score (nSPS) is 11.0. The van der Waals surface area contributed by atoms with Gasteiger partial charge in [-0.2, -0.15) is 0 Å². The third-order valence-corrected chi connectivity index (χ3v) is 6.47. The maximum Gasteiger partial charge on any atom is 0.131 e. The van der Waals surface area contributed by atoms with Gasteiger partial charge in [0, 0.05) is 18.8 Å². The van der Waals surface area contributed by atoms with Gasteiger partial charge in [0.25, 0.3) is 0 Å². The molecule has 3 aromatic rings. The van der Waals surface area contributed by atoms with Crippen LogP contribution in [0.3, 0.4) is 0 Å². The lowest BCUT2D eigenvalue weighted by molar-refractivity contribution is 0.273. The Morgan fingerprint density at radius 3 is 1.57 bits per heavy atom. The molecule has 0 spiro atoms. The van der Waals surface area contributed by atoms with Crippen molar-refractivity contribution in [2.45, 2.75) is 64.2 Å². The van der Waals surface area contributed by atoms with Crippen molar-refractivity contribution in [3.8, 4) is 22.6 Å². The van der Waals surface area contributed by atoms with Crippen molar-refractivity contribution >= 4 is 0 Å². The lowest BCUT2D eigenvalue weighted by Crippen LogP contribution is -1.98. The molecule has 2 N–H and O–H groups in total. The highest BCUT2D eigenvalue weighted by Crippen LogP contribution is 2.26. The lowest BCUT2D eigenvalue weighted by Gasteiger charge is -2.10. The van der Waals surface area contributed by atoms with Gasteiger partial charge in [-0.25, -0.2) is 4.39 Å². The largest absolute Gasteiger partial charge is 0.494 e. The van der Waals surface area contributed by atoms with Gasteiger partial charge in [0.1, 0.15) is 17.3 Å². The van der Waals surface area contributed by atoms with Gasteiger partial charge >= 0.3 is 0 Å². The van der Waals surface area contributed by atoms with Crippen LogP contribution < -0.4 is 9.47 Å². The number of aryl methyl sites for hydroxylation is 2. The quantitative estimate of drug-likeness (QED) is 0.179. The maximum atomic E-state index is 14.9. The molecular weight excluding hydrogens is 467 g/mol. The van der Waals surface area contributed by atoms with E-state index in [0.717, 1.165) is 86.8 Å². The van der Waals surface area contributed by atoms with Gasteiger partial charge in [-0.15, -0.1) is 0 Å². The minimum atomic E-state index is -0.210. The molecule has 37 heavy (non-hydrogen) atoms. The fourth-order valence-corrected chi connectivity index (χ4v) is 4.23. The van der Waals surface area contributed by atoms with Crippen molar-refractivity contribution in [2.75, 3.05) is 26.4 Å². The number of aliphatic hydroxyl groups excluding tert-OH is 2. The van der Waals surface area contributed by atoms with E-state index in [1.807, 2.05) is 48.5 Å². The van der Waals surface area contributed by atoms with Gasteiger partial charge in [0.2, 0.25) is 0 Å². The molecule has 0 saturated carbocycles. The van der Waals surface area contributed by atoms with E-state index in [4.69, 9.17) is 19.7 Å². The second kappa shape index (κ2) is 16.8. The average Bonchev–Trinajstić information content (AvgIpc) is 2.92. The van der Waals surface area contributed by atoms with Crippen LogP contribution in [0.4, 0.5) is 4.39 Å². The molecule has 0 radical (unpaired) electrons. The van der Waals surface area contributed by atoms with Gasteiger partial charge in [-0.05, 0) is 98.4 Å². The van der Waals surface area contributed by atoms with E-state index in [2.05, 4.69) is 12.1 Å². The SMILES string of the molecule is OCCCCCCOc1ccc(CCc2ccc(-c3ccc(OCCCCCCO)cc3)c(F)c2)cc1. The first-order valence-corrected chi connectivity index (χ1v) is 13.6. The molecule has 0 aliphatic carbocycles. The maximum absolute atomic E-state index is 14.9. The van der Waals surface area contributed by atoms with Crippen molar-refractivity contribution in [3.63, 3.8) is 0 Å². The number of aliphatic hydroxyl groups is 2. The van der Waals surface area contributed by atoms with Crippen LogP contribution in [-0.2, 0) is 12.8 Å². The molecule has 0 fully saturated rings. The lowest BCUT2D eigenvalue weighted by atomic mass is 9.99. The van der Waals surface area contributed by atoms with Crippen molar-refractivity contribution in [1.29, 1.82) is 0 Å². The number of unbranched alkanes of at least 4 members (excludes halogenated alkanes) is 6. The minimum Gasteiger partial charge on any atom is -0.494 e. The molecule has 0 aromatic heterocycles. The van der Waals surface area contributed by atoms with Gasteiger partial charge in [0.05, 0.1) is 13.2 Å². The minimum absolute atomic E-state index is 0.210. The van der Waals surface area contributed by atoms with Crippen LogP contribution in [0.25, 0.3) is 11.1 Å². The standard InChI is InChI=1S/C32H41FO4/c33-32-25-27(10-9-26-11-16-29(17-12-26)36-23-7-3-1-5-21-34)13-20-31(32)28-14-18-30(19-15-28)37-24-8-4-2-6-22-35/h11-20,25,34-35H,1-10,21-24H2. The highest BCUT2D eigenvalue weighted by atomic mass is 19.1. The fraction of sp³-hybridized carbons (Fsp3) is 0.438. The zero-order valence-electron chi connectivity index (χ0n) is 21.8. The summed E-state index contributed by atoms with van der Waals surface area (Å²) in [5, 5.41) is 17.6. The van der Waals surface area contributed by atoms with Gasteiger partial charge < -0.3 is 19.7 Å². The van der Waals surface area contributed by atoms with E-state index < -0.39 is 0 Å². The Balaban J connectivity index is 1.43. The first-order chi connectivity index (χ1) is 18.2. The summed E-state index contributed by atoms with van der Waals surface area (Å²) >= 11 is 0. The molecule has 0 amide bonds. The third kappa shape index (κ3) is 10.6.